The zero-order valence-electron chi connectivity index (χ0n) is 11.3. The van der Waals surface area contributed by atoms with Crippen molar-refractivity contribution in [3.63, 3.8) is 0 Å². The Bertz CT molecular complexity index is 402. The first kappa shape index (κ1) is 14.7. The van der Waals surface area contributed by atoms with Crippen LogP contribution in [0.2, 0.25) is 0 Å². The second-order valence-corrected chi connectivity index (χ2v) is 5.77. The highest BCUT2D eigenvalue weighted by Gasteiger charge is 2.36. The van der Waals surface area contributed by atoms with Gasteiger partial charge in [-0.15, -0.1) is 0 Å². The van der Waals surface area contributed by atoms with Crippen molar-refractivity contribution in [3.05, 3.63) is 36.0 Å². The summed E-state index contributed by atoms with van der Waals surface area (Å²) in [5.74, 6) is -0.757. The largest absolute Gasteiger partial charge is 0.478 e. The van der Waals surface area contributed by atoms with Crippen LogP contribution in [0.5, 0.6) is 0 Å². The minimum Gasteiger partial charge on any atom is -0.478 e. The van der Waals surface area contributed by atoms with E-state index < -0.39 is 5.97 Å². The molecule has 1 aliphatic rings. The van der Waals surface area contributed by atoms with Gasteiger partial charge in [0, 0.05) is 12.0 Å². The van der Waals surface area contributed by atoms with Gasteiger partial charge < -0.3 is 10.2 Å². The molecule has 2 unspecified atom stereocenters. The molecule has 100 valence electrons. The van der Waals surface area contributed by atoms with Gasteiger partial charge in [-0.3, -0.25) is 0 Å². The maximum absolute atomic E-state index is 10.5. The van der Waals surface area contributed by atoms with Crippen molar-refractivity contribution in [3.8, 4) is 0 Å². The number of aliphatic hydroxyl groups is 1. The maximum atomic E-state index is 10.5. The van der Waals surface area contributed by atoms with Crippen LogP contribution in [-0.2, 0) is 4.79 Å². The van der Waals surface area contributed by atoms with Gasteiger partial charge in [0.05, 0.1) is 6.10 Å². The van der Waals surface area contributed by atoms with Crippen molar-refractivity contribution < 1.29 is 15.0 Å². The van der Waals surface area contributed by atoms with Crippen LogP contribution in [0.25, 0.3) is 0 Å². The third-order valence-electron chi connectivity index (χ3n) is 3.44. The van der Waals surface area contributed by atoms with Crippen molar-refractivity contribution in [2.45, 2.75) is 39.7 Å². The van der Waals surface area contributed by atoms with E-state index in [1.54, 1.807) is 6.92 Å². The molecule has 0 aromatic heterocycles. The van der Waals surface area contributed by atoms with Crippen LogP contribution >= 0.6 is 0 Å². The van der Waals surface area contributed by atoms with Gasteiger partial charge in [0.2, 0.25) is 0 Å². The second kappa shape index (κ2) is 5.53. The van der Waals surface area contributed by atoms with Gasteiger partial charge in [-0.1, -0.05) is 38.2 Å². The Kier molecular flexibility index (Phi) is 4.52. The van der Waals surface area contributed by atoms with E-state index in [2.05, 4.69) is 20.4 Å². The molecule has 3 nitrogen and oxygen atoms in total. The molecule has 2 N–H and O–H groups in total. The van der Waals surface area contributed by atoms with Crippen molar-refractivity contribution in [1.29, 1.82) is 0 Å². The predicted molar refractivity (Wildman–Crippen MR) is 72.2 cm³/mol. The van der Waals surface area contributed by atoms with Crippen molar-refractivity contribution in [1.82, 2.24) is 0 Å². The number of allylic oxidation sites excluding steroid dienone is 3. The molecule has 3 heteroatoms. The van der Waals surface area contributed by atoms with Gasteiger partial charge in [-0.2, -0.15) is 0 Å². The molecule has 2 atom stereocenters. The van der Waals surface area contributed by atoms with Gasteiger partial charge in [-0.05, 0) is 30.8 Å². The fourth-order valence-electron chi connectivity index (χ4n) is 2.68. The number of hydrogen-bond donors (Lipinski definition) is 2. The Balaban J connectivity index is 2.85. The highest BCUT2D eigenvalue weighted by atomic mass is 16.4. The van der Waals surface area contributed by atoms with Gasteiger partial charge in [0.25, 0.3) is 0 Å². The molecule has 1 aliphatic carbocycles. The zero-order chi connectivity index (χ0) is 13.9. The average Bonchev–Trinajstić information content (AvgIpc) is 2.12. The summed E-state index contributed by atoms with van der Waals surface area (Å²) in [5.41, 5.74) is 1.67. The Morgan fingerprint density at radius 1 is 1.50 bits per heavy atom. The van der Waals surface area contributed by atoms with Gasteiger partial charge in [0.1, 0.15) is 0 Å². The van der Waals surface area contributed by atoms with E-state index in [4.69, 9.17) is 5.11 Å². The van der Waals surface area contributed by atoms with Crippen LogP contribution in [0, 0.1) is 11.3 Å². The molecule has 0 radical (unpaired) electrons. The Morgan fingerprint density at radius 3 is 2.61 bits per heavy atom. The van der Waals surface area contributed by atoms with E-state index in [0.717, 1.165) is 12.0 Å². The molecule has 0 bridgehead atoms. The first-order valence-electron chi connectivity index (χ1n) is 6.17. The minimum atomic E-state index is -0.936. The van der Waals surface area contributed by atoms with Crippen LogP contribution in [0.15, 0.2) is 36.0 Å². The first-order valence-corrected chi connectivity index (χ1v) is 6.17. The van der Waals surface area contributed by atoms with Crippen molar-refractivity contribution in [2.24, 2.45) is 11.3 Å². The molecule has 0 heterocycles. The summed E-state index contributed by atoms with van der Waals surface area (Å²) in [6.07, 6.45) is 6.06. The molecule has 0 aromatic carbocycles. The molecular formula is C15H22O3. The van der Waals surface area contributed by atoms with E-state index in [1.807, 2.05) is 12.2 Å². The molecule has 18 heavy (non-hydrogen) atoms. The van der Waals surface area contributed by atoms with E-state index >= 15 is 0 Å². The van der Waals surface area contributed by atoms with Crippen molar-refractivity contribution in [2.75, 3.05) is 0 Å². The molecule has 1 saturated carbocycles. The standard InChI is InChI=1S/C15H22O3/c1-10(7-14(17)18)5-6-13-11(2)8-12(16)9-15(13,3)4/h5-7,12-13,16H,2,8-9H2,1,3-4H3,(H,17,18). The lowest BCUT2D eigenvalue weighted by molar-refractivity contribution is -0.131. The lowest BCUT2D eigenvalue weighted by Crippen LogP contribution is -2.35. The molecule has 0 aliphatic heterocycles. The molecule has 0 saturated heterocycles. The molecule has 1 fully saturated rings. The SMILES string of the molecule is C=C1CC(O)CC(C)(C)C1C=CC(C)=CC(=O)O. The third kappa shape index (κ3) is 3.84. The average molecular weight is 250 g/mol. The Labute approximate surface area is 109 Å². The van der Waals surface area contributed by atoms with E-state index in [1.165, 1.54) is 6.08 Å². The highest BCUT2D eigenvalue weighted by molar-refractivity contribution is 5.81. The number of carboxylic acids is 1. The minimum absolute atomic E-state index is 0.0469. The number of aliphatic hydroxyl groups excluding tert-OH is 1. The fourth-order valence-corrected chi connectivity index (χ4v) is 2.68. The van der Waals surface area contributed by atoms with Gasteiger partial charge in [0.15, 0.2) is 0 Å². The summed E-state index contributed by atoms with van der Waals surface area (Å²) < 4.78 is 0. The fraction of sp³-hybridized carbons (Fsp3) is 0.533. The summed E-state index contributed by atoms with van der Waals surface area (Å²) in [6.45, 7) is 10.0. The summed E-state index contributed by atoms with van der Waals surface area (Å²) in [6, 6.07) is 0. The molecule has 0 spiro atoms. The smallest absolute Gasteiger partial charge is 0.328 e. The van der Waals surface area contributed by atoms with Crippen LogP contribution < -0.4 is 0 Å². The monoisotopic (exact) mass is 250 g/mol. The van der Waals surface area contributed by atoms with Gasteiger partial charge >= 0.3 is 5.97 Å². The van der Waals surface area contributed by atoms with Crippen LogP contribution in [-0.4, -0.2) is 22.3 Å². The Morgan fingerprint density at radius 2 is 2.11 bits per heavy atom. The Hall–Kier alpha value is -1.35. The molecule has 0 amide bonds. The predicted octanol–water partition coefficient (Wildman–Crippen LogP) is 2.93. The number of aliphatic carboxylic acids is 1. The maximum Gasteiger partial charge on any atom is 0.328 e. The number of rotatable bonds is 3. The summed E-state index contributed by atoms with van der Waals surface area (Å²) in [4.78, 5) is 10.5. The van der Waals surface area contributed by atoms with E-state index in [9.17, 15) is 9.90 Å². The molecule has 0 aromatic rings. The second-order valence-electron chi connectivity index (χ2n) is 5.77. The number of hydrogen-bond acceptors (Lipinski definition) is 2. The lowest BCUT2D eigenvalue weighted by Gasteiger charge is -2.41. The summed E-state index contributed by atoms with van der Waals surface area (Å²) in [7, 11) is 0. The summed E-state index contributed by atoms with van der Waals surface area (Å²) >= 11 is 0. The number of carboxylic acid groups (broad SMARTS) is 1. The topological polar surface area (TPSA) is 57.5 Å². The van der Waals surface area contributed by atoms with Crippen molar-refractivity contribution >= 4 is 5.97 Å². The summed E-state index contributed by atoms with van der Waals surface area (Å²) in [5, 5.41) is 18.4. The molecular weight excluding hydrogens is 228 g/mol. The van der Waals surface area contributed by atoms with Crippen LogP contribution in [0.4, 0.5) is 0 Å². The van der Waals surface area contributed by atoms with Crippen LogP contribution in [0.3, 0.4) is 0 Å². The highest BCUT2D eigenvalue weighted by Crippen LogP contribution is 2.43. The normalized spacial score (nSPS) is 28.7. The lowest BCUT2D eigenvalue weighted by atomic mass is 9.65. The molecule has 1 rings (SSSR count). The van der Waals surface area contributed by atoms with Gasteiger partial charge in [-0.25, -0.2) is 4.79 Å². The first-order chi connectivity index (χ1) is 8.22. The van der Waals surface area contributed by atoms with E-state index in [-0.39, 0.29) is 17.4 Å². The third-order valence-corrected chi connectivity index (χ3v) is 3.44. The van der Waals surface area contributed by atoms with Crippen LogP contribution in [0.1, 0.15) is 33.6 Å². The van der Waals surface area contributed by atoms with E-state index in [0.29, 0.717) is 12.0 Å². The quantitative estimate of drug-likeness (QED) is 0.460. The number of carbonyl (C=O) groups is 1. The zero-order valence-corrected chi connectivity index (χ0v) is 11.3.